The Hall–Kier alpha value is -1.96. The van der Waals surface area contributed by atoms with Crippen LogP contribution in [0.3, 0.4) is 0 Å². The smallest absolute Gasteiger partial charge is 0.130 e. The predicted molar refractivity (Wildman–Crippen MR) is 64.2 cm³/mol. The van der Waals surface area contributed by atoms with Gasteiger partial charge in [-0.2, -0.15) is 0 Å². The molecule has 0 saturated heterocycles. The maximum absolute atomic E-state index is 5.75. The van der Waals surface area contributed by atoms with E-state index < -0.39 is 0 Å². The molecule has 2 heteroatoms. The minimum atomic E-state index is 0.815. The molecule has 0 fully saturated rings. The molecule has 16 heavy (non-hydrogen) atoms. The van der Waals surface area contributed by atoms with Crippen molar-refractivity contribution in [2.45, 2.75) is 6.92 Å². The summed E-state index contributed by atoms with van der Waals surface area (Å²) in [4.78, 5) is 0. The summed E-state index contributed by atoms with van der Waals surface area (Å²) in [5.41, 5.74) is 1.12. The molecule has 0 bridgehead atoms. The summed E-state index contributed by atoms with van der Waals surface area (Å²) in [7, 11) is 1.65. The molecule has 0 radical (unpaired) electrons. The van der Waals surface area contributed by atoms with Crippen LogP contribution in [-0.4, -0.2) is 7.11 Å². The zero-order chi connectivity index (χ0) is 11.4. The van der Waals surface area contributed by atoms with Crippen LogP contribution in [0.2, 0.25) is 0 Å². The van der Waals surface area contributed by atoms with E-state index in [0.29, 0.717) is 0 Å². The van der Waals surface area contributed by atoms with Crippen LogP contribution >= 0.6 is 0 Å². The van der Waals surface area contributed by atoms with E-state index in [4.69, 9.17) is 9.47 Å². The van der Waals surface area contributed by atoms with Crippen LogP contribution in [0, 0.1) is 6.92 Å². The second kappa shape index (κ2) is 4.71. The number of benzene rings is 2. The molecule has 0 heterocycles. The summed E-state index contributed by atoms with van der Waals surface area (Å²) < 4.78 is 10.8. The van der Waals surface area contributed by atoms with Crippen LogP contribution in [0.5, 0.6) is 17.2 Å². The van der Waals surface area contributed by atoms with Gasteiger partial charge in [0.05, 0.1) is 7.11 Å². The van der Waals surface area contributed by atoms with Crippen LogP contribution in [0.4, 0.5) is 0 Å². The SMILES string of the molecule is COc1ccc(Oc2ccccc2C)cc1. The minimum Gasteiger partial charge on any atom is -0.497 e. The molecule has 0 unspecified atom stereocenters. The Morgan fingerprint density at radius 1 is 0.812 bits per heavy atom. The maximum atomic E-state index is 5.75. The van der Waals surface area contributed by atoms with Crippen LogP contribution in [0.1, 0.15) is 5.56 Å². The number of hydrogen-bond donors (Lipinski definition) is 0. The highest BCUT2D eigenvalue weighted by Gasteiger charge is 2.00. The molecule has 0 saturated carbocycles. The van der Waals surface area contributed by atoms with Gasteiger partial charge in [0, 0.05) is 0 Å². The van der Waals surface area contributed by atoms with Crippen molar-refractivity contribution in [3.63, 3.8) is 0 Å². The quantitative estimate of drug-likeness (QED) is 0.773. The van der Waals surface area contributed by atoms with Crippen LogP contribution in [-0.2, 0) is 0 Å². The van der Waals surface area contributed by atoms with Gasteiger partial charge in [-0.05, 0) is 42.8 Å². The number of ether oxygens (including phenoxy) is 2. The summed E-state index contributed by atoms with van der Waals surface area (Å²) >= 11 is 0. The predicted octanol–water partition coefficient (Wildman–Crippen LogP) is 3.80. The highest BCUT2D eigenvalue weighted by molar-refractivity contribution is 5.38. The molecule has 2 nitrogen and oxygen atoms in total. The minimum absolute atomic E-state index is 0.815. The lowest BCUT2D eigenvalue weighted by Crippen LogP contribution is -1.87. The normalized spacial score (nSPS) is 9.88. The molecule has 0 spiro atoms. The Kier molecular flexibility index (Phi) is 3.10. The van der Waals surface area contributed by atoms with Gasteiger partial charge in [0.1, 0.15) is 17.2 Å². The lowest BCUT2D eigenvalue weighted by atomic mass is 10.2. The van der Waals surface area contributed by atoms with E-state index in [1.54, 1.807) is 7.11 Å². The third kappa shape index (κ3) is 2.34. The first kappa shape index (κ1) is 10.6. The van der Waals surface area contributed by atoms with E-state index in [-0.39, 0.29) is 0 Å². The number of hydrogen-bond acceptors (Lipinski definition) is 2. The molecule has 0 aromatic heterocycles. The zero-order valence-corrected chi connectivity index (χ0v) is 9.44. The average Bonchev–Trinajstić information content (AvgIpc) is 2.33. The molecule has 2 aromatic carbocycles. The second-order valence-corrected chi connectivity index (χ2v) is 3.54. The van der Waals surface area contributed by atoms with Crippen molar-refractivity contribution in [1.29, 1.82) is 0 Å². The van der Waals surface area contributed by atoms with Crippen molar-refractivity contribution in [2.75, 3.05) is 7.11 Å². The van der Waals surface area contributed by atoms with Crippen molar-refractivity contribution in [3.8, 4) is 17.2 Å². The van der Waals surface area contributed by atoms with Crippen molar-refractivity contribution in [2.24, 2.45) is 0 Å². The lowest BCUT2D eigenvalue weighted by Gasteiger charge is -2.08. The largest absolute Gasteiger partial charge is 0.497 e. The van der Waals surface area contributed by atoms with Crippen molar-refractivity contribution >= 4 is 0 Å². The molecule has 0 atom stereocenters. The van der Waals surface area contributed by atoms with Gasteiger partial charge in [-0.25, -0.2) is 0 Å². The third-order valence-corrected chi connectivity index (χ3v) is 2.38. The van der Waals surface area contributed by atoms with Crippen LogP contribution < -0.4 is 9.47 Å². The monoisotopic (exact) mass is 214 g/mol. The van der Waals surface area contributed by atoms with Crippen LogP contribution in [0.15, 0.2) is 48.5 Å². The number of aryl methyl sites for hydroxylation is 1. The van der Waals surface area contributed by atoms with E-state index in [2.05, 4.69) is 0 Å². The van der Waals surface area contributed by atoms with Gasteiger partial charge in [0.15, 0.2) is 0 Å². The van der Waals surface area contributed by atoms with Crippen molar-refractivity contribution in [1.82, 2.24) is 0 Å². The second-order valence-electron chi connectivity index (χ2n) is 3.54. The zero-order valence-electron chi connectivity index (χ0n) is 9.44. The van der Waals surface area contributed by atoms with E-state index >= 15 is 0 Å². The van der Waals surface area contributed by atoms with E-state index in [0.717, 1.165) is 22.8 Å². The molecule has 0 aliphatic rings. The maximum Gasteiger partial charge on any atom is 0.130 e. The van der Waals surface area contributed by atoms with Gasteiger partial charge in [-0.1, -0.05) is 18.2 Å². The third-order valence-electron chi connectivity index (χ3n) is 2.38. The number of para-hydroxylation sites is 1. The number of rotatable bonds is 3. The molecule has 2 rings (SSSR count). The fourth-order valence-electron chi connectivity index (χ4n) is 1.44. The fourth-order valence-corrected chi connectivity index (χ4v) is 1.44. The molecular weight excluding hydrogens is 200 g/mol. The Bertz CT molecular complexity index is 460. The van der Waals surface area contributed by atoms with Gasteiger partial charge in [0.25, 0.3) is 0 Å². The summed E-state index contributed by atoms with van der Waals surface area (Å²) in [6, 6.07) is 15.5. The Morgan fingerprint density at radius 2 is 1.44 bits per heavy atom. The lowest BCUT2D eigenvalue weighted by molar-refractivity contribution is 0.412. The van der Waals surface area contributed by atoms with Crippen LogP contribution in [0.25, 0.3) is 0 Å². The molecule has 0 amide bonds. The van der Waals surface area contributed by atoms with Crippen molar-refractivity contribution in [3.05, 3.63) is 54.1 Å². The van der Waals surface area contributed by atoms with E-state index in [1.165, 1.54) is 0 Å². The van der Waals surface area contributed by atoms with Crippen molar-refractivity contribution < 1.29 is 9.47 Å². The Balaban J connectivity index is 2.18. The Labute approximate surface area is 95.4 Å². The summed E-state index contributed by atoms with van der Waals surface area (Å²) in [6.45, 7) is 2.03. The topological polar surface area (TPSA) is 18.5 Å². The average molecular weight is 214 g/mol. The highest BCUT2D eigenvalue weighted by Crippen LogP contribution is 2.25. The van der Waals surface area contributed by atoms with Gasteiger partial charge < -0.3 is 9.47 Å². The van der Waals surface area contributed by atoms with Gasteiger partial charge in [0.2, 0.25) is 0 Å². The van der Waals surface area contributed by atoms with E-state index in [9.17, 15) is 0 Å². The summed E-state index contributed by atoms with van der Waals surface area (Å²) in [5.74, 6) is 2.53. The van der Waals surface area contributed by atoms with Gasteiger partial charge in [-0.15, -0.1) is 0 Å². The standard InChI is InChI=1S/C14H14O2/c1-11-5-3-4-6-14(11)16-13-9-7-12(15-2)8-10-13/h3-10H,1-2H3. The first-order valence-corrected chi connectivity index (χ1v) is 5.17. The molecule has 0 N–H and O–H groups in total. The first-order valence-electron chi connectivity index (χ1n) is 5.17. The molecule has 0 aliphatic carbocycles. The highest BCUT2D eigenvalue weighted by atomic mass is 16.5. The van der Waals surface area contributed by atoms with E-state index in [1.807, 2.05) is 55.5 Å². The Morgan fingerprint density at radius 3 is 2.06 bits per heavy atom. The molecule has 2 aromatic rings. The molecule has 82 valence electrons. The van der Waals surface area contributed by atoms with Gasteiger partial charge >= 0.3 is 0 Å². The number of methoxy groups -OCH3 is 1. The molecular formula is C14H14O2. The van der Waals surface area contributed by atoms with Gasteiger partial charge in [-0.3, -0.25) is 0 Å². The summed E-state index contributed by atoms with van der Waals surface area (Å²) in [6.07, 6.45) is 0. The first-order chi connectivity index (χ1) is 7.79. The fraction of sp³-hybridized carbons (Fsp3) is 0.143. The summed E-state index contributed by atoms with van der Waals surface area (Å²) in [5, 5.41) is 0. The molecule has 0 aliphatic heterocycles.